The first-order valence-corrected chi connectivity index (χ1v) is 6.72. The molecule has 0 aromatic carbocycles. The summed E-state index contributed by atoms with van der Waals surface area (Å²) < 4.78 is 5.29. The fourth-order valence-corrected chi connectivity index (χ4v) is 2.02. The smallest absolute Gasteiger partial charge is 0.275 e. The highest BCUT2D eigenvalue weighted by atomic mass is 16.3. The van der Waals surface area contributed by atoms with Crippen LogP contribution in [0, 0.1) is 5.92 Å². The van der Waals surface area contributed by atoms with Gasteiger partial charge in [0.2, 0.25) is 12.3 Å². The molecule has 0 spiro atoms. The molecule has 0 aliphatic carbocycles. The molecule has 0 bridgehead atoms. The maximum atomic E-state index is 12.3. The van der Waals surface area contributed by atoms with Gasteiger partial charge in [-0.3, -0.25) is 9.59 Å². The van der Waals surface area contributed by atoms with Gasteiger partial charge in [-0.2, -0.15) is 0 Å². The number of hydrogen-bond acceptors (Lipinski definition) is 5. The second-order valence-electron chi connectivity index (χ2n) is 5.27. The quantitative estimate of drug-likeness (QED) is 0.798. The van der Waals surface area contributed by atoms with E-state index in [1.807, 2.05) is 13.8 Å². The van der Waals surface area contributed by atoms with Crippen LogP contribution in [0.3, 0.4) is 0 Å². The standard InChI is InChI=1S/C13H20N4O3/c1-9(2)11(14)12-15-10(7-20-12)13(19)17-5-3-16(8-18)4-6-17/h7-9,11H,3-6,14H2,1-2H3. The number of carbonyl (C=O) groups excluding carboxylic acids is 2. The van der Waals surface area contributed by atoms with Gasteiger partial charge >= 0.3 is 0 Å². The van der Waals surface area contributed by atoms with Crippen molar-refractivity contribution in [2.75, 3.05) is 26.2 Å². The first-order chi connectivity index (χ1) is 9.52. The Morgan fingerprint density at radius 2 is 2.05 bits per heavy atom. The molecule has 2 amide bonds. The van der Waals surface area contributed by atoms with Crippen LogP contribution in [0.2, 0.25) is 0 Å². The summed E-state index contributed by atoms with van der Waals surface area (Å²) in [7, 11) is 0. The van der Waals surface area contributed by atoms with Gasteiger partial charge < -0.3 is 20.0 Å². The van der Waals surface area contributed by atoms with Crippen molar-refractivity contribution in [3.8, 4) is 0 Å². The minimum atomic E-state index is -0.316. The van der Waals surface area contributed by atoms with Gasteiger partial charge in [0, 0.05) is 26.2 Å². The molecule has 110 valence electrons. The molecular formula is C13H20N4O3. The molecule has 0 saturated carbocycles. The van der Waals surface area contributed by atoms with Crippen molar-refractivity contribution in [3.63, 3.8) is 0 Å². The van der Waals surface area contributed by atoms with Crippen molar-refractivity contribution >= 4 is 12.3 Å². The largest absolute Gasteiger partial charge is 0.446 e. The number of nitrogens with two attached hydrogens (primary N) is 1. The molecule has 2 N–H and O–H groups in total. The molecule has 1 unspecified atom stereocenters. The summed E-state index contributed by atoms with van der Waals surface area (Å²) in [6, 6.07) is -0.316. The summed E-state index contributed by atoms with van der Waals surface area (Å²) in [5.41, 5.74) is 6.21. The van der Waals surface area contributed by atoms with Gasteiger partial charge in [0.1, 0.15) is 6.26 Å². The van der Waals surface area contributed by atoms with Crippen LogP contribution in [-0.2, 0) is 4.79 Å². The Kier molecular flexibility index (Phi) is 4.39. The number of nitrogens with zero attached hydrogens (tertiary/aromatic N) is 3. The van der Waals surface area contributed by atoms with Crippen LogP contribution in [0.4, 0.5) is 0 Å². The lowest BCUT2D eigenvalue weighted by atomic mass is 10.1. The van der Waals surface area contributed by atoms with E-state index < -0.39 is 0 Å². The Hall–Kier alpha value is -1.89. The van der Waals surface area contributed by atoms with E-state index in [0.29, 0.717) is 32.1 Å². The summed E-state index contributed by atoms with van der Waals surface area (Å²) in [4.78, 5) is 30.4. The van der Waals surface area contributed by atoms with Crippen LogP contribution in [0.5, 0.6) is 0 Å². The average molecular weight is 280 g/mol. The Bertz CT molecular complexity index is 478. The molecule has 1 aliphatic heterocycles. The highest BCUT2D eigenvalue weighted by molar-refractivity contribution is 5.92. The lowest BCUT2D eigenvalue weighted by molar-refractivity contribution is -0.119. The maximum absolute atomic E-state index is 12.3. The van der Waals surface area contributed by atoms with E-state index in [9.17, 15) is 9.59 Å². The summed E-state index contributed by atoms with van der Waals surface area (Å²) >= 11 is 0. The van der Waals surface area contributed by atoms with Gasteiger partial charge in [0.25, 0.3) is 5.91 Å². The number of carbonyl (C=O) groups is 2. The minimum absolute atomic E-state index is 0.179. The second kappa shape index (κ2) is 6.04. The zero-order valence-electron chi connectivity index (χ0n) is 11.8. The predicted molar refractivity (Wildman–Crippen MR) is 71.8 cm³/mol. The van der Waals surface area contributed by atoms with E-state index in [1.54, 1.807) is 9.80 Å². The second-order valence-corrected chi connectivity index (χ2v) is 5.27. The third kappa shape index (κ3) is 2.98. The molecule has 20 heavy (non-hydrogen) atoms. The third-order valence-corrected chi connectivity index (χ3v) is 3.49. The van der Waals surface area contributed by atoms with Crippen molar-refractivity contribution in [1.29, 1.82) is 0 Å². The average Bonchev–Trinajstić information content (AvgIpc) is 2.95. The Labute approximate surface area is 117 Å². The van der Waals surface area contributed by atoms with E-state index in [0.717, 1.165) is 6.41 Å². The Balaban J connectivity index is 2.01. The van der Waals surface area contributed by atoms with Crippen LogP contribution in [0.25, 0.3) is 0 Å². The Morgan fingerprint density at radius 1 is 1.40 bits per heavy atom. The molecule has 1 atom stereocenters. The number of amides is 2. The lowest BCUT2D eigenvalue weighted by Gasteiger charge is -2.31. The van der Waals surface area contributed by atoms with Crippen LogP contribution >= 0.6 is 0 Å². The molecule has 2 rings (SSSR count). The summed E-state index contributed by atoms with van der Waals surface area (Å²) in [5, 5.41) is 0. The van der Waals surface area contributed by atoms with Crippen LogP contribution in [0.15, 0.2) is 10.7 Å². The molecule has 1 aromatic heterocycles. The fraction of sp³-hybridized carbons (Fsp3) is 0.615. The van der Waals surface area contributed by atoms with Crippen LogP contribution in [0.1, 0.15) is 36.3 Å². The van der Waals surface area contributed by atoms with Crippen molar-refractivity contribution < 1.29 is 14.0 Å². The maximum Gasteiger partial charge on any atom is 0.275 e. The van der Waals surface area contributed by atoms with Gasteiger partial charge in [-0.1, -0.05) is 13.8 Å². The van der Waals surface area contributed by atoms with Crippen LogP contribution in [-0.4, -0.2) is 53.3 Å². The molecule has 1 aliphatic rings. The molecule has 1 fully saturated rings. The van der Waals surface area contributed by atoms with E-state index in [4.69, 9.17) is 10.2 Å². The summed E-state index contributed by atoms with van der Waals surface area (Å²) in [5.74, 6) is 0.393. The number of oxazole rings is 1. The van der Waals surface area contributed by atoms with Gasteiger partial charge in [-0.25, -0.2) is 4.98 Å². The van der Waals surface area contributed by atoms with E-state index in [1.165, 1.54) is 6.26 Å². The SMILES string of the molecule is CC(C)C(N)c1nc(C(=O)N2CCN(C=O)CC2)co1. The van der Waals surface area contributed by atoms with Crippen molar-refractivity contribution in [1.82, 2.24) is 14.8 Å². The summed E-state index contributed by atoms with van der Waals surface area (Å²) in [6.07, 6.45) is 2.16. The molecular weight excluding hydrogens is 260 g/mol. The van der Waals surface area contributed by atoms with Crippen molar-refractivity contribution in [2.24, 2.45) is 11.7 Å². The topological polar surface area (TPSA) is 92.7 Å². The molecule has 1 aromatic rings. The fourth-order valence-electron chi connectivity index (χ4n) is 2.02. The lowest BCUT2D eigenvalue weighted by Crippen LogP contribution is -2.48. The van der Waals surface area contributed by atoms with E-state index >= 15 is 0 Å². The van der Waals surface area contributed by atoms with Gasteiger partial charge in [0.05, 0.1) is 6.04 Å². The normalized spacial score (nSPS) is 17.4. The third-order valence-electron chi connectivity index (χ3n) is 3.49. The van der Waals surface area contributed by atoms with E-state index in [2.05, 4.69) is 4.98 Å². The zero-order chi connectivity index (χ0) is 14.7. The minimum Gasteiger partial charge on any atom is -0.446 e. The molecule has 2 heterocycles. The first kappa shape index (κ1) is 14.5. The van der Waals surface area contributed by atoms with Gasteiger partial charge in [0.15, 0.2) is 5.69 Å². The number of hydrogen-bond donors (Lipinski definition) is 1. The highest BCUT2D eigenvalue weighted by Gasteiger charge is 2.25. The van der Waals surface area contributed by atoms with Crippen molar-refractivity contribution in [2.45, 2.75) is 19.9 Å². The van der Waals surface area contributed by atoms with Crippen LogP contribution < -0.4 is 5.73 Å². The molecule has 0 radical (unpaired) electrons. The monoisotopic (exact) mass is 280 g/mol. The van der Waals surface area contributed by atoms with Gasteiger partial charge in [-0.05, 0) is 5.92 Å². The van der Waals surface area contributed by atoms with Crippen molar-refractivity contribution in [3.05, 3.63) is 17.8 Å². The molecule has 7 nitrogen and oxygen atoms in total. The summed E-state index contributed by atoms with van der Waals surface area (Å²) in [6.45, 7) is 6.05. The number of rotatable bonds is 4. The highest BCUT2D eigenvalue weighted by Crippen LogP contribution is 2.18. The molecule has 1 saturated heterocycles. The number of aromatic nitrogens is 1. The first-order valence-electron chi connectivity index (χ1n) is 6.72. The molecule has 7 heteroatoms. The zero-order valence-corrected chi connectivity index (χ0v) is 11.8. The van der Waals surface area contributed by atoms with Gasteiger partial charge in [-0.15, -0.1) is 0 Å². The van der Waals surface area contributed by atoms with E-state index in [-0.39, 0.29) is 23.6 Å². The predicted octanol–water partition coefficient (Wildman–Crippen LogP) is 0.245. The number of piperazine rings is 1. The Morgan fingerprint density at radius 3 is 2.60 bits per heavy atom.